The van der Waals surface area contributed by atoms with Crippen molar-refractivity contribution in [2.45, 2.75) is 31.8 Å². The van der Waals surface area contributed by atoms with Crippen LogP contribution < -0.4 is 0 Å². The second kappa shape index (κ2) is 9.53. The Balaban J connectivity index is 5.23. The molecule has 0 saturated carbocycles. The van der Waals surface area contributed by atoms with Gasteiger partial charge in [-0.3, -0.25) is 4.52 Å². The van der Waals surface area contributed by atoms with Crippen molar-refractivity contribution in [3.8, 4) is 0 Å². The van der Waals surface area contributed by atoms with E-state index in [2.05, 4.69) is 13.2 Å². The Kier molecular flexibility index (Phi) is 8.89. The van der Waals surface area contributed by atoms with E-state index in [4.69, 9.17) is 23.8 Å². The lowest BCUT2D eigenvalue weighted by Crippen LogP contribution is -2.43. The van der Waals surface area contributed by atoms with Gasteiger partial charge >= 0.3 is 19.8 Å². The van der Waals surface area contributed by atoms with Gasteiger partial charge in [0.1, 0.15) is 18.8 Å². The molecular formula is C13H21O8P. The number of phosphoric ester groups is 1. The summed E-state index contributed by atoms with van der Waals surface area (Å²) in [6, 6.07) is 0. The van der Waals surface area contributed by atoms with Gasteiger partial charge in [-0.25, -0.2) is 14.2 Å². The highest BCUT2D eigenvalue weighted by Gasteiger charge is 2.40. The largest absolute Gasteiger partial charge is 0.470 e. The summed E-state index contributed by atoms with van der Waals surface area (Å²) in [5, 5.41) is 0. The molecule has 0 bridgehead atoms. The maximum absolute atomic E-state index is 11.2. The van der Waals surface area contributed by atoms with Crippen LogP contribution in [0.4, 0.5) is 0 Å². The number of ether oxygens (including phenoxy) is 2. The summed E-state index contributed by atoms with van der Waals surface area (Å²) in [5.41, 5.74) is -1.65. The number of carbonyl (C=O) groups is 2. The minimum atomic E-state index is -4.90. The summed E-state index contributed by atoms with van der Waals surface area (Å²) in [4.78, 5) is 40.5. The number of hydrogen-bond donors (Lipinski definition) is 2. The van der Waals surface area contributed by atoms with Crippen molar-refractivity contribution < 1.29 is 37.9 Å². The molecule has 22 heavy (non-hydrogen) atoms. The molecule has 0 aromatic rings. The molecule has 0 aliphatic carbocycles. The molecule has 0 aromatic heterocycles. The zero-order valence-corrected chi connectivity index (χ0v) is 13.3. The van der Waals surface area contributed by atoms with Gasteiger partial charge in [-0.05, 0) is 6.42 Å². The second-order valence-corrected chi connectivity index (χ2v) is 5.66. The van der Waals surface area contributed by atoms with E-state index in [0.717, 1.165) is 12.2 Å². The molecule has 9 heteroatoms. The van der Waals surface area contributed by atoms with Gasteiger partial charge in [0.25, 0.3) is 0 Å². The molecule has 0 atom stereocenters. The minimum Gasteiger partial charge on any atom is -0.459 e. The van der Waals surface area contributed by atoms with Crippen LogP contribution >= 0.6 is 7.82 Å². The molecule has 0 radical (unpaired) electrons. The quantitative estimate of drug-likeness (QED) is 0.331. The molecule has 0 heterocycles. The highest BCUT2D eigenvalue weighted by atomic mass is 31.2. The zero-order chi connectivity index (χ0) is 17.2. The number of rotatable bonds is 11. The minimum absolute atomic E-state index is 0.115. The van der Waals surface area contributed by atoms with Crippen LogP contribution in [0, 0.1) is 0 Å². The molecule has 0 aromatic carbocycles. The maximum Gasteiger partial charge on any atom is 0.470 e. The van der Waals surface area contributed by atoms with Crippen molar-refractivity contribution in [1.29, 1.82) is 0 Å². The van der Waals surface area contributed by atoms with Crippen LogP contribution in [0.15, 0.2) is 25.3 Å². The van der Waals surface area contributed by atoms with E-state index in [-0.39, 0.29) is 6.42 Å². The van der Waals surface area contributed by atoms with Gasteiger partial charge in [0.15, 0.2) is 0 Å². The first-order valence-corrected chi connectivity index (χ1v) is 8.06. The first kappa shape index (κ1) is 20.5. The van der Waals surface area contributed by atoms with Crippen LogP contribution in [-0.4, -0.2) is 40.5 Å². The topological polar surface area (TPSA) is 119 Å². The monoisotopic (exact) mass is 336 g/mol. The zero-order valence-electron chi connectivity index (χ0n) is 12.4. The first-order chi connectivity index (χ1) is 10.2. The van der Waals surface area contributed by atoms with Crippen molar-refractivity contribution in [1.82, 2.24) is 0 Å². The lowest BCUT2D eigenvalue weighted by Gasteiger charge is -2.32. The van der Waals surface area contributed by atoms with E-state index in [9.17, 15) is 14.2 Å². The Labute approximate surface area is 129 Å². The molecule has 0 aliphatic heterocycles. The van der Waals surface area contributed by atoms with Crippen LogP contribution in [0.5, 0.6) is 0 Å². The third kappa shape index (κ3) is 8.74. The van der Waals surface area contributed by atoms with Gasteiger partial charge in [0, 0.05) is 12.2 Å². The summed E-state index contributed by atoms with van der Waals surface area (Å²) in [7, 11) is -4.90. The Morgan fingerprint density at radius 2 is 1.59 bits per heavy atom. The normalized spacial score (nSPS) is 11.6. The first-order valence-electron chi connectivity index (χ1n) is 6.52. The standard InChI is InChI=1S/C13H21O8P/c1-4-7-8-13(21-22(16,17)18,9-19-11(14)5-2)10-20-12(15)6-3/h5-6H,2-4,7-10H2,1H3,(H2,16,17,18). The third-order valence-corrected chi connectivity index (χ3v) is 3.21. The fourth-order valence-electron chi connectivity index (χ4n) is 1.56. The third-order valence-electron chi connectivity index (χ3n) is 2.59. The van der Waals surface area contributed by atoms with E-state index in [1.807, 2.05) is 6.92 Å². The predicted octanol–water partition coefficient (Wildman–Crippen LogP) is 1.48. The fraction of sp³-hybridized carbons (Fsp3) is 0.538. The van der Waals surface area contributed by atoms with Crippen LogP contribution in [-0.2, 0) is 28.2 Å². The molecule has 0 saturated heterocycles. The fourth-order valence-corrected chi connectivity index (χ4v) is 2.26. The molecule has 0 amide bonds. The van der Waals surface area contributed by atoms with Crippen LogP contribution in [0.25, 0.3) is 0 Å². The molecule has 0 fully saturated rings. The van der Waals surface area contributed by atoms with Gasteiger partial charge < -0.3 is 19.3 Å². The maximum atomic E-state index is 11.2. The molecule has 0 rings (SSSR count). The van der Waals surface area contributed by atoms with Gasteiger partial charge in [-0.1, -0.05) is 32.9 Å². The van der Waals surface area contributed by atoms with Crippen molar-refractivity contribution in [3.63, 3.8) is 0 Å². The molecule has 126 valence electrons. The molecule has 0 spiro atoms. The van der Waals surface area contributed by atoms with E-state index in [0.29, 0.717) is 12.8 Å². The van der Waals surface area contributed by atoms with Crippen molar-refractivity contribution in [3.05, 3.63) is 25.3 Å². The summed E-state index contributed by atoms with van der Waals surface area (Å²) >= 11 is 0. The Hall–Kier alpha value is -1.47. The average molecular weight is 336 g/mol. The number of esters is 2. The lowest BCUT2D eigenvalue weighted by atomic mass is 9.99. The smallest absolute Gasteiger partial charge is 0.459 e. The number of hydrogen-bond acceptors (Lipinski definition) is 6. The van der Waals surface area contributed by atoms with Gasteiger partial charge in [-0.2, -0.15) is 0 Å². The van der Waals surface area contributed by atoms with Gasteiger partial charge in [0.2, 0.25) is 0 Å². The molecule has 2 N–H and O–H groups in total. The van der Waals surface area contributed by atoms with E-state index >= 15 is 0 Å². The molecule has 0 aliphatic rings. The average Bonchev–Trinajstić information content (AvgIpc) is 2.46. The van der Waals surface area contributed by atoms with Crippen molar-refractivity contribution >= 4 is 19.8 Å². The molecule has 0 unspecified atom stereocenters. The summed E-state index contributed by atoms with van der Waals surface area (Å²) in [5.74, 6) is -1.57. The van der Waals surface area contributed by atoms with E-state index < -0.39 is 38.6 Å². The lowest BCUT2D eigenvalue weighted by molar-refractivity contribution is -0.156. The summed E-state index contributed by atoms with van der Waals surface area (Å²) in [6.45, 7) is 7.31. The van der Waals surface area contributed by atoms with Gasteiger partial charge in [-0.15, -0.1) is 0 Å². The number of phosphoric acid groups is 1. The highest BCUT2D eigenvalue weighted by molar-refractivity contribution is 7.46. The number of carbonyl (C=O) groups excluding carboxylic acids is 2. The van der Waals surface area contributed by atoms with Crippen LogP contribution in [0.1, 0.15) is 26.2 Å². The Morgan fingerprint density at radius 1 is 1.14 bits per heavy atom. The van der Waals surface area contributed by atoms with Crippen LogP contribution in [0.2, 0.25) is 0 Å². The Morgan fingerprint density at radius 3 is 1.91 bits per heavy atom. The second-order valence-electron chi connectivity index (χ2n) is 4.49. The summed E-state index contributed by atoms with van der Waals surface area (Å²) in [6.07, 6.45) is 3.12. The van der Waals surface area contributed by atoms with E-state index in [1.54, 1.807) is 0 Å². The van der Waals surface area contributed by atoms with Crippen LogP contribution in [0.3, 0.4) is 0 Å². The highest BCUT2D eigenvalue weighted by Crippen LogP contribution is 2.43. The van der Waals surface area contributed by atoms with Crippen molar-refractivity contribution in [2.75, 3.05) is 13.2 Å². The van der Waals surface area contributed by atoms with Crippen molar-refractivity contribution in [2.24, 2.45) is 0 Å². The SMILES string of the molecule is C=CC(=O)OCC(CCCC)(COC(=O)C=C)OP(=O)(O)O. The van der Waals surface area contributed by atoms with Gasteiger partial charge in [0.05, 0.1) is 0 Å². The Bertz CT molecular complexity index is 429. The predicted molar refractivity (Wildman–Crippen MR) is 77.7 cm³/mol. The molecular weight excluding hydrogens is 315 g/mol. The van der Waals surface area contributed by atoms with E-state index in [1.165, 1.54) is 0 Å². The molecule has 8 nitrogen and oxygen atoms in total. The number of unbranched alkanes of at least 4 members (excludes halogenated alkanes) is 1. The summed E-state index contributed by atoms with van der Waals surface area (Å²) < 4.78 is 25.6.